The van der Waals surface area contributed by atoms with Crippen LogP contribution in [0.2, 0.25) is 0 Å². The van der Waals surface area contributed by atoms with E-state index in [1.807, 2.05) is 0 Å². The summed E-state index contributed by atoms with van der Waals surface area (Å²) < 4.78 is 0. The summed E-state index contributed by atoms with van der Waals surface area (Å²) in [6, 6.07) is -0.0465. The highest BCUT2D eigenvalue weighted by molar-refractivity contribution is 7.18. The number of carbonyl (C=O) groups is 2. The third-order valence-corrected chi connectivity index (χ3v) is 3.76. The lowest BCUT2D eigenvalue weighted by molar-refractivity contribution is -0.122. The van der Waals surface area contributed by atoms with Gasteiger partial charge in [-0.05, 0) is 6.42 Å². The molecule has 1 aliphatic rings. The van der Waals surface area contributed by atoms with Crippen LogP contribution >= 0.6 is 11.3 Å². The van der Waals surface area contributed by atoms with Crippen molar-refractivity contribution in [1.29, 1.82) is 0 Å². The molecule has 1 aromatic rings. The molecule has 0 saturated carbocycles. The van der Waals surface area contributed by atoms with Crippen molar-refractivity contribution in [3.63, 3.8) is 0 Å². The molecule has 0 aliphatic carbocycles. The van der Waals surface area contributed by atoms with Gasteiger partial charge in [-0.3, -0.25) is 9.59 Å². The zero-order chi connectivity index (χ0) is 13.1. The fourth-order valence-electron chi connectivity index (χ4n) is 1.71. The number of nitrogens with zero attached hydrogens (tertiary/aromatic N) is 1. The molecule has 1 unspecified atom stereocenters. The van der Waals surface area contributed by atoms with E-state index in [-0.39, 0.29) is 23.7 Å². The second-order valence-corrected chi connectivity index (χ2v) is 5.00. The van der Waals surface area contributed by atoms with Gasteiger partial charge in [0.1, 0.15) is 10.7 Å². The van der Waals surface area contributed by atoms with E-state index in [1.54, 1.807) is 7.05 Å². The third-order valence-electron chi connectivity index (χ3n) is 2.67. The van der Waals surface area contributed by atoms with Gasteiger partial charge in [0.2, 0.25) is 5.91 Å². The molecule has 2 amide bonds. The van der Waals surface area contributed by atoms with Crippen LogP contribution in [0.3, 0.4) is 0 Å². The number of nitrogens with one attached hydrogen (secondary N) is 3. The number of hydrogen-bond acceptors (Lipinski definition) is 6. The first-order chi connectivity index (χ1) is 8.60. The zero-order valence-electron chi connectivity index (χ0n) is 9.95. The molecule has 1 fully saturated rings. The van der Waals surface area contributed by atoms with Crippen molar-refractivity contribution >= 4 is 34.1 Å². The van der Waals surface area contributed by atoms with E-state index >= 15 is 0 Å². The van der Waals surface area contributed by atoms with Crippen LogP contribution in [-0.2, 0) is 4.79 Å². The molecular weight excluding hydrogens is 254 g/mol. The number of piperidine rings is 1. The maximum absolute atomic E-state index is 12.0. The van der Waals surface area contributed by atoms with Crippen LogP contribution in [0.5, 0.6) is 0 Å². The monoisotopic (exact) mass is 269 g/mol. The summed E-state index contributed by atoms with van der Waals surface area (Å²) in [5.74, 6) is 0.00427. The average Bonchev–Trinajstić information content (AvgIpc) is 2.73. The van der Waals surface area contributed by atoms with Crippen molar-refractivity contribution in [3.8, 4) is 0 Å². The summed E-state index contributed by atoms with van der Waals surface area (Å²) in [4.78, 5) is 27.4. The Morgan fingerprint density at radius 3 is 2.94 bits per heavy atom. The molecule has 2 rings (SSSR count). The van der Waals surface area contributed by atoms with E-state index in [4.69, 9.17) is 5.73 Å². The number of carbonyl (C=O) groups excluding carboxylic acids is 2. The first kappa shape index (κ1) is 12.6. The van der Waals surface area contributed by atoms with E-state index in [1.165, 1.54) is 11.3 Å². The molecule has 7 nitrogen and oxygen atoms in total. The van der Waals surface area contributed by atoms with Crippen molar-refractivity contribution in [2.45, 2.75) is 18.9 Å². The van der Waals surface area contributed by atoms with Crippen molar-refractivity contribution in [2.24, 2.45) is 0 Å². The van der Waals surface area contributed by atoms with Crippen molar-refractivity contribution < 1.29 is 9.59 Å². The van der Waals surface area contributed by atoms with Gasteiger partial charge in [0.15, 0.2) is 5.13 Å². The third kappa shape index (κ3) is 2.70. The highest BCUT2D eigenvalue weighted by Crippen LogP contribution is 2.24. The molecule has 0 bridgehead atoms. The number of rotatable bonds is 3. The first-order valence-corrected chi connectivity index (χ1v) is 6.43. The Bertz CT molecular complexity index is 463. The fraction of sp³-hybridized carbons (Fsp3) is 0.500. The smallest absolute Gasteiger partial charge is 0.265 e. The Kier molecular flexibility index (Phi) is 3.66. The minimum Gasteiger partial charge on any atom is -0.382 e. The predicted molar refractivity (Wildman–Crippen MR) is 69.6 cm³/mol. The molecule has 18 heavy (non-hydrogen) atoms. The summed E-state index contributed by atoms with van der Waals surface area (Å²) in [6.45, 7) is 0.460. The molecule has 1 atom stereocenters. The molecule has 98 valence electrons. The molecule has 8 heteroatoms. The van der Waals surface area contributed by atoms with E-state index in [9.17, 15) is 9.59 Å². The molecule has 1 aliphatic heterocycles. The van der Waals surface area contributed by atoms with Gasteiger partial charge in [0.25, 0.3) is 5.91 Å². The van der Waals surface area contributed by atoms with Crippen molar-refractivity contribution in [3.05, 3.63) is 4.88 Å². The van der Waals surface area contributed by atoms with E-state index in [2.05, 4.69) is 20.9 Å². The quantitative estimate of drug-likeness (QED) is 0.606. The fourth-order valence-corrected chi connectivity index (χ4v) is 2.45. The lowest BCUT2D eigenvalue weighted by Gasteiger charge is -2.23. The Balaban J connectivity index is 1.98. The predicted octanol–water partition coefficient (Wildman–Crippen LogP) is -0.225. The topological polar surface area (TPSA) is 109 Å². The first-order valence-electron chi connectivity index (χ1n) is 5.61. The highest BCUT2D eigenvalue weighted by Gasteiger charge is 2.22. The van der Waals surface area contributed by atoms with Gasteiger partial charge in [-0.2, -0.15) is 0 Å². The molecule has 2 heterocycles. The Labute approximate surface area is 108 Å². The maximum atomic E-state index is 12.0. The molecule has 1 saturated heterocycles. The Hall–Kier alpha value is -1.83. The Morgan fingerprint density at radius 2 is 2.39 bits per heavy atom. The molecule has 1 aromatic heterocycles. The number of hydrogen-bond donors (Lipinski definition) is 4. The SMILES string of the molecule is CNc1nc(N)c(C(=O)NC2CCC(=O)NC2)s1. The normalized spacial score (nSPS) is 19.2. The molecule has 5 N–H and O–H groups in total. The number of thiazole rings is 1. The minimum atomic E-state index is -0.243. The van der Waals surface area contributed by atoms with Crippen molar-refractivity contribution in [1.82, 2.24) is 15.6 Å². The number of nitrogens with two attached hydrogens (primary N) is 1. The lowest BCUT2D eigenvalue weighted by Crippen LogP contribution is -2.47. The van der Waals surface area contributed by atoms with Crippen LogP contribution in [0, 0.1) is 0 Å². The summed E-state index contributed by atoms with van der Waals surface area (Å²) in [6.07, 6.45) is 1.08. The van der Waals surface area contributed by atoms with Crippen LogP contribution in [-0.4, -0.2) is 36.4 Å². The van der Waals surface area contributed by atoms with Gasteiger partial charge in [-0.1, -0.05) is 11.3 Å². The summed E-state index contributed by atoms with van der Waals surface area (Å²) >= 11 is 1.21. The second-order valence-electron chi connectivity index (χ2n) is 4.00. The van der Waals surface area contributed by atoms with Gasteiger partial charge >= 0.3 is 0 Å². The maximum Gasteiger partial charge on any atom is 0.265 e. The van der Waals surface area contributed by atoms with Gasteiger partial charge in [-0.15, -0.1) is 0 Å². The summed E-state index contributed by atoms with van der Waals surface area (Å²) in [7, 11) is 1.72. The number of nitrogen functional groups attached to an aromatic ring is 1. The Morgan fingerprint density at radius 1 is 1.61 bits per heavy atom. The second kappa shape index (κ2) is 5.21. The zero-order valence-corrected chi connectivity index (χ0v) is 10.8. The van der Waals surface area contributed by atoms with E-state index in [0.29, 0.717) is 29.4 Å². The molecule has 0 radical (unpaired) electrons. The van der Waals surface area contributed by atoms with Gasteiger partial charge in [-0.25, -0.2) is 4.98 Å². The molecule has 0 spiro atoms. The molecule has 0 aromatic carbocycles. The van der Waals surface area contributed by atoms with Crippen LogP contribution in [0.1, 0.15) is 22.5 Å². The largest absolute Gasteiger partial charge is 0.382 e. The lowest BCUT2D eigenvalue weighted by atomic mass is 10.1. The van der Waals surface area contributed by atoms with Gasteiger partial charge in [0.05, 0.1) is 0 Å². The van der Waals surface area contributed by atoms with Crippen molar-refractivity contribution in [2.75, 3.05) is 24.6 Å². The van der Waals surface area contributed by atoms with Gasteiger partial charge in [0, 0.05) is 26.1 Å². The number of aromatic nitrogens is 1. The average molecular weight is 269 g/mol. The van der Waals surface area contributed by atoms with E-state index in [0.717, 1.165) is 0 Å². The van der Waals surface area contributed by atoms with Crippen LogP contribution in [0.4, 0.5) is 10.9 Å². The van der Waals surface area contributed by atoms with Crippen LogP contribution in [0.15, 0.2) is 0 Å². The number of amides is 2. The van der Waals surface area contributed by atoms with Crippen LogP contribution in [0.25, 0.3) is 0 Å². The van der Waals surface area contributed by atoms with Crippen LogP contribution < -0.4 is 21.7 Å². The van der Waals surface area contributed by atoms with E-state index < -0.39 is 0 Å². The van der Waals surface area contributed by atoms with Gasteiger partial charge < -0.3 is 21.7 Å². The minimum absolute atomic E-state index is 0.0234. The highest BCUT2D eigenvalue weighted by atomic mass is 32.1. The summed E-state index contributed by atoms with van der Waals surface area (Å²) in [5.41, 5.74) is 5.67. The summed E-state index contributed by atoms with van der Waals surface area (Å²) in [5, 5.41) is 9.00. The number of anilines is 2. The standard InChI is InChI=1S/C10H15N5O2S/c1-12-10-15-8(11)7(18-10)9(17)14-5-2-3-6(16)13-4-5/h5H,2-4,11H2,1H3,(H,12,15)(H,13,16)(H,14,17). The molecular formula is C10H15N5O2S.